The highest BCUT2D eigenvalue weighted by Crippen LogP contribution is 1.92. The highest BCUT2D eigenvalue weighted by atomic mass is 16.2. The molecule has 0 fully saturated rings. The van der Waals surface area contributed by atoms with Crippen molar-refractivity contribution in [3.05, 3.63) is 35.9 Å². The van der Waals surface area contributed by atoms with Crippen LogP contribution >= 0.6 is 0 Å². The third kappa shape index (κ3) is 2.96. The summed E-state index contributed by atoms with van der Waals surface area (Å²) in [6.07, 6.45) is 1.60. The molecule has 62 valence electrons. The number of hydrogen-bond acceptors (Lipinski definition) is 2. The molecule has 0 radical (unpaired) electrons. The Hall–Kier alpha value is -1.64. The van der Waals surface area contributed by atoms with Crippen LogP contribution in [0.1, 0.15) is 12.5 Å². The third-order valence-corrected chi connectivity index (χ3v) is 1.24. The van der Waals surface area contributed by atoms with Crippen LogP contribution in [0.15, 0.2) is 35.4 Å². The molecule has 0 heterocycles. The monoisotopic (exact) mass is 162 g/mol. The molecule has 3 nitrogen and oxygen atoms in total. The van der Waals surface area contributed by atoms with E-state index in [9.17, 15) is 4.79 Å². The van der Waals surface area contributed by atoms with E-state index in [1.807, 2.05) is 30.3 Å². The first kappa shape index (κ1) is 8.46. The molecule has 12 heavy (non-hydrogen) atoms. The summed E-state index contributed by atoms with van der Waals surface area (Å²) in [5.41, 5.74) is 3.29. The van der Waals surface area contributed by atoms with E-state index in [-0.39, 0.29) is 5.91 Å². The Bertz CT molecular complexity index is 280. The van der Waals surface area contributed by atoms with Gasteiger partial charge in [0.1, 0.15) is 0 Å². The lowest BCUT2D eigenvalue weighted by Gasteiger charge is -1.91. The van der Waals surface area contributed by atoms with E-state index in [1.165, 1.54) is 6.92 Å². The van der Waals surface area contributed by atoms with Crippen LogP contribution in [0.5, 0.6) is 0 Å². The molecule has 0 atom stereocenters. The fourth-order valence-corrected chi connectivity index (χ4v) is 0.737. The maximum Gasteiger partial charge on any atom is 0.236 e. The standard InChI is InChI=1S/C9H10N2O/c1-8(12)11-10-7-9-5-3-2-4-6-9/h2-7H,1H3,(H,11,12)/b10-7-. The van der Waals surface area contributed by atoms with Crippen molar-refractivity contribution in [1.82, 2.24) is 5.43 Å². The minimum absolute atomic E-state index is 0.165. The van der Waals surface area contributed by atoms with Crippen molar-refractivity contribution in [3.63, 3.8) is 0 Å². The number of carbonyl (C=O) groups is 1. The zero-order valence-corrected chi connectivity index (χ0v) is 6.82. The van der Waals surface area contributed by atoms with Gasteiger partial charge < -0.3 is 0 Å². The summed E-state index contributed by atoms with van der Waals surface area (Å²) in [4.78, 5) is 10.4. The van der Waals surface area contributed by atoms with Gasteiger partial charge in [0.2, 0.25) is 5.91 Å². The summed E-state index contributed by atoms with van der Waals surface area (Å²) in [5.74, 6) is -0.165. The predicted octanol–water partition coefficient (Wildman–Crippen LogP) is 1.16. The highest BCUT2D eigenvalue weighted by molar-refractivity contribution is 5.81. The van der Waals surface area contributed by atoms with E-state index in [0.717, 1.165) is 5.56 Å². The van der Waals surface area contributed by atoms with Gasteiger partial charge in [-0.15, -0.1) is 0 Å². The van der Waals surface area contributed by atoms with Crippen LogP contribution in [-0.4, -0.2) is 12.1 Å². The summed E-state index contributed by atoms with van der Waals surface area (Å²) in [6.45, 7) is 1.42. The number of nitrogens with one attached hydrogen (secondary N) is 1. The molecule has 3 heteroatoms. The van der Waals surface area contributed by atoms with Crippen LogP contribution in [-0.2, 0) is 4.79 Å². The van der Waals surface area contributed by atoms with Gasteiger partial charge in [-0.3, -0.25) is 4.79 Å². The molecule has 1 aromatic rings. The number of rotatable bonds is 2. The van der Waals surface area contributed by atoms with E-state index < -0.39 is 0 Å². The smallest absolute Gasteiger partial charge is 0.236 e. The summed E-state index contributed by atoms with van der Waals surface area (Å²) < 4.78 is 0. The zero-order chi connectivity index (χ0) is 8.81. The summed E-state index contributed by atoms with van der Waals surface area (Å²) >= 11 is 0. The van der Waals surface area contributed by atoms with Gasteiger partial charge in [0.05, 0.1) is 6.21 Å². The maximum atomic E-state index is 10.4. The predicted molar refractivity (Wildman–Crippen MR) is 47.9 cm³/mol. The van der Waals surface area contributed by atoms with E-state index in [4.69, 9.17) is 0 Å². The quantitative estimate of drug-likeness (QED) is 0.514. The van der Waals surface area contributed by atoms with Crippen LogP contribution in [0.3, 0.4) is 0 Å². The summed E-state index contributed by atoms with van der Waals surface area (Å²) in [6, 6.07) is 9.57. The Balaban J connectivity index is 2.52. The van der Waals surface area contributed by atoms with Crippen LogP contribution in [0.2, 0.25) is 0 Å². The van der Waals surface area contributed by atoms with Gasteiger partial charge in [-0.2, -0.15) is 5.10 Å². The Morgan fingerprint density at radius 3 is 2.67 bits per heavy atom. The van der Waals surface area contributed by atoms with E-state index in [1.54, 1.807) is 6.21 Å². The molecular weight excluding hydrogens is 152 g/mol. The van der Waals surface area contributed by atoms with Gasteiger partial charge in [0.25, 0.3) is 0 Å². The Morgan fingerprint density at radius 1 is 1.42 bits per heavy atom. The van der Waals surface area contributed by atoms with Gasteiger partial charge in [0.15, 0.2) is 0 Å². The molecule has 1 rings (SSSR count). The van der Waals surface area contributed by atoms with Gasteiger partial charge in [-0.25, -0.2) is 5.43 Å². The highest BCUT2D eigenvalue weighted by Gasteiger charge is 1.84. The largest absolute Gasteiger partial charge is 0.274 e. The van der Waals surface area contributed by atoms with Gasteiger partial charge in [-0.1, -0.05) is 30.3 Å². The normalized spacial score (nSPS) is 10.1. The number of hydrogen-bond donors (Lipinski definition) is 1. The lowest BCUT2D eigenvalue weighted by Crippen LogP contribution is -2.12. The molecule has 1 aromatic carbocycles. The molecule has 0 aliphatic heterocycles. The van der Waals surface area contributed by atoms with Crippen LogP contribution in [0.25, 0.3) is 0 Å². The fraction of sp³-hybridized carbons (Fsp3) is 0.111. The van der Waals surface area contributed by atoms with Gasteiger partial charge >= 0.3 is 0 Å². The molecule has 0 aliphatic rings. The number of benzene rings is 1. The van der Waals surface area contributed by atoms with Crippen LogP contribution in [0, 0.1) is 0 Å². The van der Waals surface area contributed by atoms with E-state index >= 15 is 0 Å². The molecule has 0 spiro atoms. The molecule has 0 saturated carbocycles. The Labute approximate surface area is 71.1 Å². The first-order valence-corrected chi connectivity index (χ1v) is 3.64. The molecule has 0 aromatic heterocycles. The van der Waals surface area contributed by atoms with Gasteiger partial charge in [0, 0.05) is 6.92 Å². The first-order chi connectivity index (χ1) is 5.79. The lowest BCUT2D eigenvalue weighted by atomic mass is 10.2. The minimum atomic E-state index is -0.165. The third-order valence-electron chi connectivity index (χ3n) is 1.24. The number of amides is 1. The second-order valence-corrected chi connectivity index (χ2v) is 2.34. The number of carbonyl (C=O) groups excluding carboxylic acids is 1. The van der Waals surface area contributed by atoms with E-state index in [2.05, 4.69) is 10.5 Å². The van der Waals surface area contributed by atoms with Crippen molar-refractivity contribution >= 4 is 12.1 Å². The Kier molecular flexibility index (Phi) is 3.02. The minimum Gasteiger partial charge on any atom is -0.274 e. The van der Waals surface area contributed by atoms with Crippen molar-refractivity contribution in [2.45, 2.75) is 6.92 Å². The molecular formula is C9H10N2O. The molecule has 1 amide bonds. The van der Waals surface area contributed by atoms with Crippen molar-refractivity contribution in [2.75, 3.05) is 0 Å². The molecule has 1 N–H and O–H groups in total. The van der Waals surface area contributed by atoms with Crippen molar-refractivity contribution in [2.24, 2.45) is 5.10 Å². The van der Waals surface area contributed by atoms with E-state index in [0.29, 0.717) is 0 Å². The van der Waals surface area contributed by atoms with Crippen LogP contribution in [0.4, 0.5) is 0 Å². The molecule has 0 bridgehead atoms. The second kappa shape index (κ2) is 4.28. The molecule has 0 saturated heterocycles. The van der Waals surface area contributed by atoms with Gasteiger partial charge in [-0.05, 0) is 5.56 Å². The average molecular weight is 162 g/mol. The fourth-order valence-electron chi connectivity index (χ4n) is 0.737. The van der Waals surface area contributed by atoms with Crippen molar-refractivity contribution < 1.29 is 4.79 Å². The second-order valence-electron chi connectivity index (χ2n) is 2.34. The Morgan fingerprint density at radius 2 is 2.08 bits per heavy atom. The maximum absolute atomic E-state index is 10.4. The number of nitrogens with zero attached hydrogens (tertiary/aromatic N) is 1. The van der Waals surface area contributed by atoms with Crippen molar-refractivity contribution in [1.29, 1.82) is 0 Å². The summed E-state index contributed by atoms with van der Waals surface area (Å²) in [7, 11) is 0. The molecule has 0 unspecified atom stereocenters. The average Bonchev–Trinajstić information content (AvgIpc) is 2.05. The zero-order valence-electron chi connectivity index (χ0n) is 6.82. The molecule has 0 aliphatic carbocycles. The van der Waals surface area contributed by atoms with Crippen molar-refractivity contribution in [3.8, 4) is 0 Å². The SMILES string of the molecule is CC(=O)N/N=C\c1ccccc1. The first-order valence-electron chi connectivity index (χ1n) is 3.64. The van der Waals surface area contributed by atoms with Crippen LogP contribution < -0.4 is 5.43 Å². The number of hydrazone groups is 1. The lowest BCUT2D eigenvalue weighted by molar-refractivity contribution is -0.118. The topological polar surface area (TPSA) is 41.5 Å². The summed E-state index contributed by atoms with van der Waals surface area (Å²) in [5, 5.41) is 3.72.